The maximum atomic E-state index is 5.96. The zero-order valence-electron chi connectivity index (χ0n) is 13.6. The number of hydrogen-bond acceptors (Lipinski definition) is 1. The molecule has 4 aromatic rings. The molecule has 0 spiro atoms. The van der Waals surface area contributed by atoms with Gasteiger partial charge in [0.1, 0.15) is 5.82 Å². The second-order valence-corrected chi connectivity index (χ2v) is 6.35. The molecule has 0 N–H and O–H groups in total. The highest BCUT2D eigenvalue weighted by Crippen LogP contribution is 2.20. The van der Waals surface area contributed by atoms with Crippen molar-refractivity contribution in [3.8, 4) is 0 Å². The molecule has 1 aromatic heterocycles. The molecule has 122 valence electrons. The van der Waals surface area contributed by atoms with Crippen LogP contribution in [0, 0.1) is 0 Å². The normalized spacial score (nSPS) is 11.4. The summed E-state index contributed by atoms with van der Waals surface area (Å²) >= 11 is 5.96. The van der Waals surface area contributed by atoms with E-state index < -0.39 is 0 Å². The summed E-state index contributed by atoms with van der Waals surface area (Å²) < 4.78 is 2.25. The lowest BCUT2D eigenvalue weighted by Gasteiger charge is -2.07. The van der Waals surface area contributed by atoms with Crippen LogP contribution >= 0.6 is 11.6 Å². The van der Waals surface area contributed by atoms with Crippen LogP contribution in [-0.2, 0) is 6.54 Å². The molecule has 0 aliphatic heterocycles. The Morgan fingerprint density at radius 2 is 1.52 bits per heavy atom. The van der Waals surface area contributed by atoms with E-state index in [0.29, 0.717) is 0 Å². The number of benzene rings is 3. The molecule has 0 aliphatic carbocycles. The van der Waals surface area contributed by atoms with Gasteiger partial charge in [0.15, 0.2) is 0 Å². The molecule has 0 bridgehead atoms. The third-order valence-corrected chi connectivity index (χ3v) is 4.41. The van der Waals surface area contributed by atoms with Gasteiger partial charge >= 0.3 is 0 Å². The Morgan fingerprint density at radius 3 is 2.32 bits per heavy atom. The minimum atomic E-state index is 0.744. The molecular formula is C22H17ClN2. The van der Waals surface area contributed by atoms with Gasteiger partial charge in [-0.25, -0.2) is 4.98 Å². The Bertz CT molecular complexity index is 1020. The third-order valence-electron chi connectivity index (χ3n) is 4.16. The SMILES string of the molecule is Clc1ccc(/C=C/c2nc3ccccc3n2Cc2ccccc2)cc1. The van der Waals surface area contributed by atoms with Crippen LogP contribution in [0.25, 0.3) is 23.2 Å². The monoisotopic (exact) mass is 344 g/mol. The number of aromatic nitrogens is 2. The number of para-hydroxylation sites is 2. The highest BCUT2D eigenvalue weighted by atomic mass is 35.5. The molecule has 0 amide bonds. The first-order valence-corrected chi connectivity index (χ1v) is 8.60. The number of halogens is 1. The van der Waals surface area contributed by atoms with Gasteiger partial charge in [0, 0.05) is 11.6 Å². The summed E-state index contributed by atoms with van der Waals surface area (Å²) in [7, 11) is 0. The van der Waals surface area contributed by atoms with E-state index in [1.54, 1.807) is 0 Å². The smallest absolute Gasteiger partial charge is 0.134 e. The van der Waals surface area contributed by atoms with Gasteiger partial charge in [0.2, 0.25) is 0 Å². The van der Waals surface area contributed by atoms with E-state index in [9.17, 15) is 0 Å². The zero-order valence-corrected chi connectivity index (χ0v) is 14.4. The zero-order chi connectivity index (χ0) is 17.1. The third kappa shape index (κ3) is 3.49. The molecular weight excluding hydrogens is 328 g/mol. The number of nitrogens with zero attached hydrogens (tertiary/aromatic N) is 2. The molecule has 3 heteroatoms. The fourth-order valence-electron chi connectivity index (χ4n) is 2.90. The molecule has 0 fully saturated rings. The average molecular weight is 345 g/mol. The van der Waals surface area contributed by atoms with E-state index in [-0.39, 0.29) is 0 Å². The van der Waals surface area contributed by atoms with Crippen LogP contribution in [0.5, 0.6) is 0 Å². The van der Waals surface area contributed by atoms with Gasteiger partial charge in [-0.2, -0.15) is 0 Å². The van der Waals surface area contributed by atoms with Crippen molar-refractivity contribution < 1.29 is 0 Å². The largest absolute Gasteiger partial charge is 0.320 e. The van der Waals surface area contributed by atoms with Crippen molar-refractivity contribution in [3.05, 3.63) is 101 Å². The first-order chi connectivity index (χ1) is 12.3. The topological polar surface area (TPSA) is 17.8 Å². The average Bonchev–Trinajstić information content (AvgIpc) is 3.00. The summed E-state index contributed by atoms with van der Waals surface area (Å²) in [5.74, 6) is 0.944. The molecule has 0 saturated carbocycles. The fraction of sp³-hybridized carbons (Fsp3) is 0.0455. The molecule has 0 unspecified atom stereocenters. The highest BCUT2D eigenvalue weighted by molar-refractivity contribution is 6.30. The predicted octanol–water partition coefficient (Wildman–Crippen LogP) is 5.91. The van der Waals surface area contributed by atoms with Crippen LogP contribution < -0.4 is 0 Å². The summed E-state index contributed by atoms with van der Waals surface area (Å²) in [5, 5.41) is 0.744. The first kappa shape index (κ1) is 15.7. The van der Waals surface area contributed by atoms with Crippen molar-refractivity contribution in [2.75, 3.05) is 0 Å². The quantitative estimate of drug-likeness (QED) is 0.450. The molecule has 0 radical (unpaired) electrons. The molecule has 1 heterocycles. The molecule has 0 saturated heterocycles. The van der Waals surface area contributed by atoms with Gasteiger partial charge in [-0.1, -0.05) is 72.3 Å². The van der Waals surface area contributed by atoms with Gasteiger partial charge in [-0.15, -0.1) is 0 Å². The van der Waals surface area contributed by atoms with E-state index >= 15 is 0 Å². The van der Waals surface area contributed by atoms with Gasteiger partial charge in [0.25, 0.3) is 0 Å². The van der Waals surface area contributed by atoms with Crippen LogP contribution in [0.4, 0.5) is 0 Å². The fourth-order valence-corrected chi connectivity index (χ4v) is 3.02. The van der Waals surface area contributed by atoms with E-state index in [2.05, 4.69) is 59.2 Å². The number of fused-ring (bicyclic) bond motifs is 1. The van der Waals surface area contributed by atoms with Crippen molar-refractivity contribution in [3.63, 3.8) is 0 Å². The minimum Gasteiger partial charge on any atom is -0.320 e. The second kappa shape index (κ2) is 6.96. The van der Waals surface area contributed by atoms with Crippen molar-refractivity contribution in [2.24, 2.45) is 0 Å². The van der Waals surface area contributed by atoms with E-state index in [4.69, 9.17) is 16.6 Å². The number of hydrogen-bond donors (Lipinski definition) is 0. The second-order valence-electron chi connectivity index (χ2n) is 5.92. The van der Waals surface area contributed by atoms with Crippen LogP contribution in [-0.4, -0.2) is 9.55 Å². The Morgan fingerprint density at radius 1 is 0.800 bits per heavy atom. The van der Waals surface area contributed by atoms with Crippen LogP contribution in [0.2, 0.25) is 5.02 Å². The highest BCUT2D eigenvalue weighted by Gasteiger charge is 2.08. The lowest BCUT2D eigenvalue weighted by molar-refractivity contribution is 0.814. The van der Waals surface area contributed by atoms with Crippen molar-refractivity contribution in [2.45, 2.75) is 6.54 Å². The van der Waals surface area contributed by atoms with E-state index in [0.717, 1.165) is 34.0 Å². The maximum absolute atomic E-state index is 5.96. The van der Waals surface area contributed by atoms with Gasteiger partial charge in [-0.05, 0) is 41.5 Å². The van der Waals surface area contributed by atoms with Crippen LogP contribution in [0.3, 0.4) is 0 Å². The Kier molecular flexibility index (Phi) is 4.36. The Balaban J connectivity index is 1.74. The maximum Gasteiger partial charge on any atom is 0.134 e. The molecule has 0 atom stereocenters. The molecule has 0 aliphatic rings. The Hall–Kier alpha value is -2.84. The van der Waals surface area contributed by atoms with Crippen molar-refractivity contribution in [1.82, 2.24) is 9.55 Å². The predicted molar refractivity (Wildman–Crippen MR) is 106 cm³/mol. The van der Waals surface area contributed by atoms with Gasteiger partial charge in [0.05, 0.1) is 11.0 Å². The lowest BCUT2D eigenvalue weighted by Crippen LogP contribution is -2.01. The molecule has 25 heavy (non-hydrogen) atoms. The summed E-state index contributed by atoms with van der Waals surface area (Å²) in [4.78, 5) is 4.79. The van der Waals surface area contributed by atoms with Crippen molar-refractivity contribution >= 4 is 34.8 Å². The molecule has 3 aromatic carbocycles. The minimum absolute atomic E-state index is 0.744. The van der Waals surface area contributed by atoms with Gasteiger partial charge in [-0.3, -0.25) is 0 Å². The summed E-state index contributed by atoms with van der Waals surface area (Å²) in [6.45, 7) is 0.793. The van der Waals surface area contributed by atoms with Gasteiger partial charge < -0.3 is 4.57 Å². The lowest BCUT2D eigenvalue weighted by atomic mass is 10.2. The van der Waals surface area contributed by atoms with Crippen LogP contribution in [0.1, 0.15) is 17.0 Å². The first-order valence-electron chi connectivity index (χ1n) is 8.22. The number of imidazole rings is 1. The van der Waals surface area contributed by atoms with Crippen molar-refractivity contribution in [1.29, 1.82) is 0 Å². The Labute approximate surface area is 152 Å². The molecule has 4 rings (SSSR count). The standard InChI is InChI=1S/C22H17ClN2/c23-19-13-10-17(11-14-19)12-15-22-24-20-8-4-5-9-21(20)25(22)16-18-6-2-1-3-7-18/h1-15H,16H2/b15-12+. The molecule has 2 nitrogen and oxygen atoms in total. The summed E-state index contributed by atoms with van der Waals surface area (Å²) in [6.07, 6.45) is 4.13. The summed E-state index contributed by atoms with van der Waals surface area (Å²) in [6, 6.07) is 26.5. The van der Waals surface area contributed by atoms with E-state index in [1.807, 2.05) is 36.4 Å². The number of rotatable bonds is 4. The summed E-state index contributed by atoms with van der Waals surface area (Å²) in [5.41, 5.74) is 4.51. The van der Waals surface area contributed by atoms with Crippen LogP contribution in [0.15, 0.2) is 78.9 Å². The van der Waals surface area contributed by atoms with E-state index in [1.165, 1.54) is 5.56 Å².